The summed E-state index contributed by atoms with van der Waals surface area (Å²) in [5.74, 6) is -0.242. The molecule has 3 aromatic carbocycles. The number of amides is 2. The van der Waals surface area contributed by atoms with Crippen molar-refractivity contribution in [1.82, 2.24) is 5.32 Å². The molecule has 0 aliphatic carbocycles. The zero-order valence-corrected chi connectivity index (χ0v) is 19.3. The maximum absolute atomic E-state index is 12.6. The van der Waals surface area contributed by atoms with Crippen LogP contribution in [0.25, 0.3) is 0 Å². The highest BCUT2D eigenvalue weighted by Gasteiger charge is 2.16. The van der Waals surface area contributed by atoms with E-state index in [1.54, 1.807) is 30.3 Å². The van der Waals surface area contributed by atoms with E-state index in [1.165, 1.54) is 31.4 Å². The lowest BCUT2D eigenvalue weighted by Gasteiger charge is -2.11. The first-order chi connectivity index (χ1) is 15.7. The third-order valence-corrected chi connectivity index (χ3v) is 6.45. The van der Waals surface area contributed by atoms with Crippen LogP contribution < -0.4 is 20.1 Å². The van der Waals surface area contributed by atoms with Crippen LogP contribution in [-0.2, 0) is 14.8 Å². The third-order valence-electron chi connectivity index (χ3n) is 5.06. The van der Waals surface area contributed by atoms with Gasteiger partial charge in [0, 0.05) is 16.9 Å². The number of aryl methyl sites for hydroxylation is 1. The van der Waals surface area contributed by atoms with Crippen molar-refractivity contribution in [2.75, 3.05) is 23.7 Å². The maximum Gasteiger partial charge on any atom is 0.261 e. The smallest absolute Gasteiger partial charge is 0.261 e. The van der Waals surface area contributed by atoms with Crippen LogP contribution in [0.5, 0.6) is 5.75 Å². The predicted octanol–water partition coefficient (Wildman–Crippen LogP) is 3.48. The van der Waals surface area contributed by atoms with Gasteiger partial charge >= 0.3 is 0 Å². The first kappa shape index (κ1) is 23.8. The standard InChI is InChI=1S/C24H25N3O5S/c1-16-5-4-6-22(17(16)2)26-23(28)15-25-24(29)18-7-13-21(14-8-18)33(30,31)27-19-9-11-20(32-3)12-10-19/h4-14,27H,15H2,1-3H3,(H,25,29)(H,26,28). The van der Waals surface area contributed by atoms with Crippen LogP contribution in [0.4, 0.5) is 11.4 Å². The fraction of sp³-hybridized carbons (Fsp3) is 0.167. The van der Waals surface area contributed by atoms with Crippen LogP contribution in [0.3, 0.4) is 0 Å². The summed E-state index contributed by atoms with van der Waals surface area (Å²) >= 11 is 0. The van der Waals surface area contributed by atoms with Crippen molar-refractivity contribution in [2.45, 2.75) is 18.7 Å². The highest BCUT2D eigenvalue weighted by atomic mass is 32.2. The first-order valence-corrected chi connectivity index (χ1v) is 11.6. The second-order valence-corrected chi connectivity index (χ2v) is 9.02. The molecule has 0 radical (unpaired) electrons. The van der Waals surface area contributed by atoms with Crippen molar-refractivity contribution in [1.29, 1.82) is 0 Å². The van der Waals surface area contributed by atoms with Gasteiger partial charge < -0.3 is 15.4 Å². The van der Waals surface area contributed by atoms with Gasteiger partial charge in [-0.1, -0.05) is 12.1 Å². The molecule has 3 N–H and O–H groups in total. The molecule has 0 saturated carbocycles. The Kier molecular flexibility index (Phi) is 7.34. The minimum absolute atomic E-state index is 0.00235. The Hall–Kier alpha value is -3.85. The van der Waals surface area contributed by atoms with E-state index in [2.05, 4.69) is 15.4 Å². The van der Waals surface area contributed by atoms with E-state index in [-0.39, 0.29) is 22.9 Å². The summed E-state index contributed by atoms with van der Waals surface area (Å²) in [6.07, 6.45) is 0. The normalized spacial score (nSPS) is 10.9. The SMILES string of the molecule is COc1ccc(NS(=O)(=O)c2ccc(C(=O)NCC(=O)Nc3cccc(C)c3C)cc2)cc1. The summed E-state index contributed by atoms with van der Waals surface area (Å²) in [5.41, 5.74) is 3.31. The summed E-state index contributed by atoms with van der Waals surface area (Å²) in [6, 6.07) is 17.5. The third kappa shape index (κ3) is 6.11. The van der Waals surface area contributed by atoms with Crippen LogP contribution in [-0.4, -0.2) is 33.9 Å². The molecular formula is C24H25N3O5S. The number of benzene rings is 3. The molecule has 0 aliphatic rings. The number of carbonyl (C=O) groups excluding carboxylic acids is 2. The molecular weight excluding hydrogens is 442 g/mol. The number of anilines is 2. The van der Waals surface area contributed by atoms with Gasteiger partial charge in [0.2, 0.25) is 5.91 Å². The van der Waals surface area contributed by atoms with E-state index >= 15 is 0 Å². The highest BCUT2D eigenvalue weighted by molar-refractivity contribution is 7.92. The number of hydrogen-bond donors (Lipinski definition) is 3. The van der Waals surface area contributed by atoms with Gasteiger partial charge in [-0.25, -0.2) is 8.42 Å². The maximum atomic E-state index is 12.6. The number of sulfonamides is 1. The van der Waals surface area contributed by atoms with E-state index in [9.17, 15) is 18.0 Å². The molecule has 9 heteroatoms. The quantitative estimate of drug-likeness (QED) is 0.469. The Bertz CT molecular complexity index is 1250. The van der Waals surface area contributed by atoms with Gasteiger partial charge in [-0.3, -0.25) is 14.3 Å². The molecule has 3 aromatic rings. The first-order valence-electron chi connectivity index (χ1n) is 10.1. The largest absolute Gasteiger partial charge is 0.497 e. The average molecular weight is 468 g/mol. The second kappa shape index (κ2) is 10.2. The van der Waals surface area contributed by atoms with Crippen LogP contribution in [0.15, 0.2) is 71.6 Å². The Morgan fingerprint density at radius 3 is 2.21 bits per heavy atom. The van der Waals surface area contributed by atoms with Crippen LogP contribution >= 0.6 is 0 Å². The molecule has 8 nitrogen and oxygen atoms in total. The molecule has 3 rings (SSSR count). The van der Waals surface area contributed by atoms with E-state index in [0.29, 0.717) is 17.1 Å². The number of ether oxygens (including phenoxy) is 1. The fourth-order valence-electron chi connectivity index (χ4n) is 3.00. The number of carbonyl (C=O) groups is 2. The van der Waals surface area contributed by atoms with Gasteiger partial charge in [0.05, 0.1) is 18.6 Å². The van der Waals surface area contributed by atoms with Crippen LogP contribution in [0, 0.1) is 13.8 Å². The Labute approximate surface area is 193 Å². The van der Waals surface area contributed by atoms with Crippen molar-refractivity contribution in [3.8, 4) is 5.75 Å². The molecule has 172 valence electrons. The lowest BCUT2D eigenvalue weighted by Crippen LogP contribution is -2.33. The minimum atomic E-state index is -3.83. The van der Waals surface area contributed by atoms with Crippen LogP contribution in [0.1, 0.15) is 21.5 Å². The summed E-state index contributed by atoms with van der Waals surface area (Å²) in [4.78, 5) is 24.6. The van der Waals surface area contributed by atoms with Gasteiger partial charge in [-0.2, -0.15) is 0 Å². The van der Waals surface area contributed by atoms with Crippen molar-refractivity contribution in [3.63, 3.8) is 0 Å². The lowest BCUT2D eigenvalue weighted by atomic mass is 10.1. The summed E-state index contributed by atoms with van der Waals surface area (Å²) < 4.78 is 32.7. The van der Waals surface area contributed by atoms with Gasteiger partial charge in [0.1, 0.15) is 5.75 Å². The van der Waals surface area contributed by atoms with Crippen molar-refractivity contribution in [2.24, 2.45) is 0 Å². The van der Waals surface area contributed by atoms with E-state index in [1.807, 2.05) is 26.0 Å². The molecule has 0 atom stereocenters. The fourth-order valence-corrected chi connectivity index (χ4v) is 4.06. The topological polar surface area (TPSA) is 114 Å². The number of hydrogen-bond acceptors (Lipinski definition) is 5. The average Bonchev–Trinajstić information content (AvgIpc) is 2.81. The number of rotatable bonds is 8. The Morgan fingerprint density at radius 1 is 0.909 bits per heavy atom. The monoisotopic (exact) mass is 467 g/mol. The summed E-state index contributed by atoms with van der Waals surface area (Å²) in [6.45, 7) is 3.64. The van der Waals surface area contributed by atoms with Crippen LogP contribution in [0.2, 0.25) is 0 Å². The number of nitrogens with one attached hydrogen (secondary N) is 3. The molecule has 0 aromatic heterocycles. The van der Waals surface area contributed by atoms with Gasteiger partial charge in [-0.05, 0) is 79.6 Å². The minimum Gasteiger partial charge on any atom is -0.497 e. The highest BCUT2D eigenvalue weighted by Crippen LogP contribution is 2.20. The Balaban J connectivity index is 1.58. The molecule has 0 aliphatic heterocycles. The van der Waals surface area contributed by atoms with Gasteiger partial charge in [0.15, 0.2) is 0 Å². The summed E-state index contributed by atoms with van der Waals surface area (Å²) in [7, 11) is -2.31. The zero-order chi connectivity index (χ0) is 24.0. The van der Waals surface area contributed by atoms with Gasteiger partial charge in [0.25, 0.3) is 15.9 Å². The van der Waals surface area contributed by atoms with Crippen molar-refractivity contribution in [3.05, 3.63) is 83.4 Å². The summed E-state index contributed by atoms with van der Waals surface area (Å²) in [5, 5.41) is 5.30. The molecule has 0 bridgehead atoms. The molecule has 0 heterocycles. The molecule has 0 spiro atoms. The zero-order valence-electron chi connectivity index (χ0n) is 18.5. The molecule has 2 amide bonds. The predicted molar refractivity (Wildman–Crippen MR) is 127 cm³/mol. The van der Waals surface area contributed by atoms with E-state index in [4.69, 9.17) is 4.74 Å². The van der Waals surface area contributed by atoms with E-state index in [0.717, 1.165) is 11.1 Å². The number of methoxy groups -OCH3 is 1. The lowest BCUT2D eigenvalue weighted by molar-refractivity contribution is -0.115. The molecule has 0 fully saturated rings. The van der Waals surface area contributed by atoms with Gasteiger partial charge in [-0.15, -0.1) is 0 Å². The molecule has 33 heavy (non-hydrogen) atoms. The van der Waals surface area contributed by atoms with E-state index < -0.39 is 15.9 Å². The van der Waals surface area contributed by atoms with Crippen molar-refractivity contribution < 1.29 is 22.7 Å². The molecule has 0 saturated heterocycles. The van der Waals surface area contributed by atoms with Crippen molar-refractivity contribution >= 4 is 33.2 Å². The molecule has 0 unspecified atom stereocenters. The Morgan fingerprint density at radius 2 is 1.58 bits per heavy atom. The second-order valence-electron chi connectivity index (χ2n) is 7.34.